The lowest BCUT2D eigenvalue weighted by molar-refractivity contribution is -0.127. The van der Waals surface area contributed by atoms with Gasteiger partial charge >= 0.3 is 0 Å². The van der Waals surface area contributed by atoms with E-state index in [9.17, 15) is 4.79 Å². The highest BCUT2D eigenvalue weighted by Crippen LogP contribution is 2.26. The van der Waals surface area contributed by atoms with Crippen LogP contribution >= 0.6 is 0 Å². The Bertz CT molecular complexity index is 385. The second-order valence-corrected chi connectivity index (χ2v) is 5.04. The topological polar surface area (TPSA) is 58.4 Å². The second-order valence-electron chi connectivity index (χ2n) is 5.04. The summed E-state index contributed by atoms with van der Waals surface area (Å²) in [7, 11) is 0. The molecule has 1 fully saturated rings. The first-order chi connectivity index (χ1) is 8.72. The maximum atomic E-state index is 12.0. The fourth-order valence-corrected chi connectivity index (χ4v) is 2.53. The Balaban J connectivity index is 2.18. The lowest BCUT2D eigenvalue weighted by Crippen LogP contribution is -2.46. The average Bonchev–Trinajstić information content (AvgIpc) is 2.42. The third-order valence-corrected chi connectivity index (χ3v) is 3.69. The van der Waals surface area contributed by atoms with Crippen molar-refractivity contribution < 1.29 is 4.79 Å². The Morgan fingerprint density at radius 1 is 1.33 bits per heavy atom. The minimum Gasteiger partial charge on any atom is -0.293 e. The Kier molecular flexibility index (Phi) is 4.33. The van der Waals surface area contributed by atoms with Gasteiger partial charge in [0.25, 0.3) is 5.91 Å². The lowest BCUT2D eigenvalue weighted by Gasteiger charge is -2.35. The van der Waals surface area contributed by atoms with E-state index in [4.69, 9.17) is 5.84 Å². The molecule has 1 heterocycles. The van der Waals surface area contributed by atoms with Gasteiger partial charge < -0.3 is 0 Å². The van der Waals surface area contributed by atoms with Crippen LogP contribution in [0.25, 0.3) is 0 Å². The van der Waals surface area contributed by atoms with E-state index in [-0.39, 0.29) is 11.9 Å². The average molecular weight is 247 g/mol. The third kappa shape index (κ3) is 2.89. The Labute approximate surface area is 108 Å². The van der Waals surface area contributed by atoms with Crippen molar-refractivity contribution in [2.24, 2.45) is 11.8 Å². The van der Waals surface area contributed by atoms with E-state index < -0.39 is 0 Å². The first-order valence-corrected chi connectivity index (χ1v) is 6.52. The van der Waals surface area contributed by atoms with Crippen molar-refractivity contribution in [3.05, 3.63) is 35.9 Å². The summed E-state index contributed by atoms with van der Waals surface area (Å²) in [6, 6.07) is 9.58. The lowest BCUT2D eigenvalue weighted by atomic mass is 9.95. The predicted molar refractivity (Wildman–Crippen MR) is 71.5 cm³/mol. The van der Waals surface area contributed by atoms with Crippen LogP contribution in [-0.4, -0.2) is 23.9 Å². The van der Waals surface area contributed by atoms with E-state index in [2.05, 4.69) is 17.2 Å². The number of carbonyl (C=O) groups excluding carboxylic acids is 1. The SMILES string of the molecule is CC1CCN(C(C(=O)NN)c2ccccc2)CC1. The highest BCUT2D eigenvalue weighted by atomic mass is 16.2. The van der Waals surface area contributed by atoms with E-state index in [0.717, 1.165) is 37.4 Å². The molecular weight excluding hydrogens is 226 g/mol. The van der Waals surface area contributed by atoms with Crippen LogP contribution in [-0.2, 0) is 4.79 Å². The van der Waals surface area contributed by atoms with Crippen LogP contribution < -0.4 is 11.3 Å². The molecule has 0 spiro atoms. The molecule has 1 atom stereocenters. The summed E-state index contributed by atoms with van der Waals surface area (Å²) in [5, 5.41) is 0. The van der Waals surface area contributed by atoms with Crippen LogP contribution in [0.2, 0.25) is 0 Å². The monoisotopic (exact) mass is 247 g/mol. The van der Waals surface area contributed by atoms with Crippen molar-refractivity contribution in [2.75, 3.05) is 13.1 Å². The van der Waals surface area contributed by atoms with Gasteiger partial charge in [0, 0.05) is 0 Å². The third-order valence-electron chi connectivity index (χ3n) is 3.69. The number of rotatable bonds is 3. The molecule has 1 aliphatic heterocycles. The summed E-state index contributed by atoms with van der Waals surface area (Å²) >= 11 is 0. The minimum absolute atomic E-state index is 0.129. The number of nitrogens with one attached hydrogen (secondary N) is 1. The van der Waals surface area contributed by atoms with Gasteiger partial charge in [-0.15, -0.1) is 0 Å². The number of likely N-dealkylation sites (tertiary alicyclic amines) is 1. The second kappa shape index (κ2) is 5.98. The van der Waals surface area contributed by atoms with Gasteiger partial charge in [0.2, 0.25) is 0 Å². The van der Waals surface area contributed by atoms with Crippen LogP contribution in [0.1, 0.15) is 31.4 Å². The van der Waals surface area contributed by atoms with Crippen LogP contribution in [0, 0.1) is 5.92 Å². The summed E-state index contributed by atoms with van der Waals surface area (Å²) in [5.41, 5.74) is 3.30. The molecule has 18 heavy (non-hydrogen) atoms. The molecule has 4 nitrogen and oxygen atoms in total. The van der Waals surface area contributed by atoms with E-state index >= 15 is 0 Å². The van der Waals surface area contributed by atoms with Gasteiger partial charge in [0.15, 0.2) is 0 Å². The number of nitrogens with two attached hydrogens (primary N) is 1. The van der Waals surface area contributed by atoms with E-state index in [1.54, 1.807) is 0 Å². The first-order valence-electron chi connectivity index (χ1n) is 6.52. The Morgan fingerprint density at radius 2 is 1.94 bits per heavy atom. The molecule has 1 aromatic carbocycles. The molecule has 0 aromatic heterocycles. The van der Waals surface area contributed by atoms with Crippen LogP contribution in [0.15, 0.2) is 30.3 Å². The molecule has 98 valence electrons. The molecule has 0 saturated carbocycles. The summed E-state index contributed by atoms with van der Waals surface area (Å²) in [4.78, 5) is 14.2. The highest BCUT2D eigenvalue weighted by Gasteiger charge is 2.29. The number of hydrazine groups is 1. The standard InChI is InChI=1S/C14H21N3O/c1-11-7-9-17(10-8-11)13(14(18)16-15)12-5-3-2-4-6-12/h2-6,11,13H,7-10,15H2,1H3,(H,16,18). The Morgan fingerprint density at radius 3 is 2.50 bits per heavy atom. The molecular formula is C14H21N3O. The fraction of sp³-hybridized carbons (Fsp3) is 0.500. The summed E-state index contributed by atoms with van der Waals surface area (Å²) in [6.07, 6.45) is 2.28. The molecule has 0 radical (unpaired) electrons. The van der Waals surface area contributed by atoms with Crippen molar-refractivity contribution in [3.63, 3.8) is 0 Å². The zero-order valence-corrected chi connectivity index (χ0v) is 10.8. The molecule has 4 heteroatoms. The van der Waals surface area contributed by atoms with E-state index in [1.165, 1.54) is 0 Å². The minimum atomic E-state index is -0.260. The van der Waals surface area contributed by atoms with Crippen LogP contribution in [0.4, 0.5) is 0 Å². The van der Waals surface area contributed by atoms with Gasteiger partial charge in [-0.05, 0) is 37.4 Å². The fourth-order valence-electron chi connectivity index (χ4n) is 2.53. The van der Waals surface area contributed by atoms with Crippen LogP contribution in [0.3, 0.4) is 0 Å². The van der Waals surface area contributed by atoms with Crippen molar-refractivity contribution in [1.82, 2.24) is 10.3 Å². The number of piperidine rings is 1. The maximum absolute atomic E-state index is 12.0. The molecule has 0 aliphatic carbocycles. The zero-order valence-electron chi connectivity index (χ0n) is 10.8. The maximum Gasteiger partial charge on any atom is 0.255 e. The zero-order chi connectivity index (χ0) is 13.0. The number of carbonyl (C=O) groups is 1. The molecule has 2 rings (SSSR count). The number of nitrogens with zero attached hydrogens (tertiary/aromatic N) is 1. The van der Waals surface area contributed by atoms with Gasteiger partial charge in [-0.25, -0.2) is 5.84 Å². The van der Waals surface area contributed by atoms with Crippen molar-refractivity contribution in [3.8, 4) is 0 Å². The molecule has 3 N–H and O–H groups in total. The van der Waals surface area contributed by atoms with Gasteiger partial charge in [-0.3, -0.25) is 15.1 Å². The number of hydrogen-bond acceptors (Lipinski definition) is 3. The molecule has 1 aromatic rings. The molecule has 1 unspecified atom stereocenters. The van der Waals surface area contributed by atoms with Gasteiger partial charge in [-0.2, -0.15) is 0 Å². The van der Waals surface area contributed by atoms with E-state index in [1.807, 2.05) is 30.3 Å². The molecule has 1 saturated heterocycles. The molecule has 1 amide bonds. The summed E-state index contributed by atoms with van der Waals surface area (Å²) in [5.74, 6) is 5.94. The van der Waals surface area contributed by atoms with Crippen molar-refractivity contribution >= 4 is 5.91 Å². The normalized spacial score (nSPS) is 19.4. The number of amides is 1. The smallest absolute Gasteiger partial charge is 0.255 e. The van der Waals surface area contributed by atoms with Crippen molar-refractivity contribution in [1.29, 1.82) is 0 Å². The van der Waals surface area contributed by atoms with Gasteiger partial charge in [0.05, 0.1) is 0 Å². The highest BCUT2D eigenvalue weighted by molar-refractivity contribution is 5.82. The Hall–Kier alpha value is -1.39. The quantitative estimate of drug-likeness (QED) is 0.483. The van der Waals surface area contributed by atoms with Crippen LogP contribution in [0.5, 0.6) is 0 Å². The van der Waals surface area contributed by atoms with E-state index in [0.29, 0.717) is 0 Å². The largest absolute Gasteiger partial charge is 0.293 e. The molecule has 1 aliphatic rings. The van der Waals surface area contributed by atoms with Gasteiger partial charge in [0.1, 0.15) is 6.04 Å². The molecule has 0 bridgehead atoms. The van der Waals surface area contributed by atoms with Crippen molar-refractivity contribution in [2.45, 2.75) is 25.8 Å². The summed E-state index contributed by atoms with van der Waals surface area (Å²) < 4.78 is 0. The van der Waals surface area contributed by atoms with Gasteiger partial charge in [-0.1, -0.05) is 37.3 Å². The summed E-state index contributed by atoms with van der Waals surface area (Å²) in [6.45, 7) is 4.17. The number of hydrogen-bond donors (Lipinski definition) is 2. The number of benzene rings is 1. The predicted octanol–water partition coefficient (Wildman–Crippen LogP) is 1.45. The first kappa shape index (κ1) is 13.1.